The van der Waals surface area contributed by atoms with Crippen LogP contribution in [0.5, 0.6) is 0 Å². The lowest BCUT2D eigenvalue weighted by Gasteiger charge is -2.17. The van der Waals surface area contributed by atoms with E-state index in [4.69, 9.17) is 5.11 Å². The summed E-state index contributed by atoms with van der Waals surface area (Å²) in [5.41, 5.74) is 1.75. The summed E-state index contributed by atoms with van der Waals surface area (Å²) >= 11 is 0. The molecule has 5 nitrogen and oxygen atoms in total. The molecular formula is C16H16N2O3. The van der Waals surface area contributed by atoms with Crippen molar-refractivity contribution in [1.82, 2.24) is 4.98 Å². The molecule has 0 saturated carbocycles. The Labute approximate surface area is 122 Å². The van der Waals surface area contributed by atoms with E-state index in [1.54, 1.807) is 25.4 Å². The lowest BCUT2D eigenvalue weighted by molar-refractivity contribution is -0.118. The summed E-state index contributed by atoms with van der Waals surface area (Å²) < 4.78 is 0. The Kier molecular flexibility index (Phi) is 4.66. The van der Waals surface area contributed by atoms with E-state index in [0.29, 0.717) is 18.5 Å². The number of aromatic carboxylic acids is 1. The second-order valence-corrected chi connectivity index (χ2v) is 4.63. The highest BCUT2D eigenvalue weighted by molar-refractivity contribution is 5.94. The minimum Gasteiger partial charge on any atom is -0.478 e. The molecule has 0 saturated heterocycles. The predicted molar refractivity (Wildman–Crippen MR) is 79.4 cm³/mol. The quantitative estimate of drug-likeness (QED) is 0.915. The number of hydrogen-bond donors (Lipinski definition) is 1. The number of anilines is 1. The zero-order chi connectivity index (χ0) is 15.2. The van der Waals surface area contributed by atoms with Crippen LogP contribution in [0.15, 0.2) is 48.7 Å². The summed E-state index contributed by atoms with van der Waals surface area (Å²) in [7, 11) is 1.68. The van der Waals surface area contributed by atoms with Gasteiger partial charge in [0.2, 0.25) is 5.91 Å². The molecule has 0 aliphatic rings. The van der Waals surface area contributed by atoms with Gasteiger partial charge in [-0.05, 0) is 42.8 Å². The zero-order valence-corrected chi connectivity index (χ0v) is 11.7. The minimum absolute atomic E-state index is 0.0382. The van der Waals surface area contributed by atoms with Crippen molar-refractivity contribution in [2.75, 3.05) is 11.9 Å². The van der Waals surface area contributed by atoms with Crippen LogP contribution in [0.3, 0.4) is 0 Å². The first-order valence-corrected chi connectivity index (χ1v) is 6.58. The highest BCUT2D eigenvalue weighted by atomic mass is 16.4. The molecule has 0 unspecified atom stereocenters. The maximum absolute atomic E-state index is 12.1. The standard InChI is InChI=1S/C16H16N2O3/c1-18(14-8-5-12(6-9-14)16(20)21)15(19)10-7-13-4-2-3-11-17-13/h2-6,8-9,11H,7,10H2,1H3,(H,20,21). The van der Waals surface area contributed by atoms with Gasteiger partial charge in [0.05, 0.1) is 5.56 Å². The van der Waals surface area contributed by atoms with Gasteiger partial charge in [-0.3, -0.25) is 9.78 Å². The summed E-state index contributed by atoms with van der Waals surface area (Å²) in [6.07, 6.45) is 2.64. The molecule has 1 heterocycles. The van der Waals surface area contributed by atoms with E-state index in [0.717, 1.165) is 5.69 Å². The lowest BCUT2D eigenvalue weighted by atomic mass is 10.1. The fourth-order valence-corrected chi connectivity index (χ4v) is 1.92. The smallest absolute Gasteiger partial charge is 0.335 e. The topological polar surface area (TPSA) is 70.5 Å². The zero-order valence-electron chi connectivity index (χ0n) is 11.7. The number of carboxylic acid groups (broad SMARTS) is 1. The van der Waals surface area contributed by atoms with Gasteiger partial charge in [-0.15, -0.1) is 0 Å². The fourth-order valence-electron chi connectivity index (χ4n) is 1.92. The van der Waals surface area contributed by atoms with Gasteiger partial charge in [-0.1, -0.05) is 6.07 Å². The molecule has 2 rings (SSSR count). The van der Waals surface area contributed by atoms with Crippen LogP contribution in [0.2, 0.25) is 0 Å². The van der Waals surface area contributed by atoms with Crippen LogP contribution in [-0.4, -0.2) is 29.0 Å². The highest BCUT2D eigenvalue weighted by Crippen LogP contribution is 2.15. The van der Waals surface area contributed by atoms with E-state index < -0.39 is 5.97 Å². The molecular weight excluding hydrogens is 268 g/mol. The molecule has 0 bridgehead atoms. The van der Waals surface area contributed by atoms with Gasteiger partial charge in [-0.25, -0.2) is 4.79 Å². The third-order valence-corrected chi connectivity index (χ3v) is 3.20. The highest BCUT2D eigenvalue weighted by Gasteiger charge is 2.12. The summed E-state index contributed by atoms with van der Waals surface area (Å²) in [6, 6.07) is 11.8. The Morgan fingerprint density at radius 1 is 1.14 bits per heavy atom. The number of aromatic nitrogens is 1. The molecule has 2 aromatic rings. The van der Waals surface area contributed by atoms with E-state index in [1.807, 2.05) is 18.2 Å². The van der Waals surface area contributed by atoms with Gasteiger partial charge < -0.3 is 10.0 Å². The summed E-state index contributed by atoms with van der Waals surface area (Å²) in [5, 5.41) is 8.85. The number of carbonyl (C=O) groups is 2. The van der Waals surface area contributed by atoms with Crippen LogP contribution in [0.4, 0.5) is 5.69 Å². The van der Waals surface area contributed by atoms with E-state index in [2.05, 4.69) is 4.98 Å². The summed E-state index contributed by atoms with van der Waals surface area (Å²) in [6.45, 7) is 0. The molecule has 1 aromatic carbocycles. The average Bonchev–Trinajstić information content (AvgIpc) is 2.53. The second-order valence-electron chi connectivity index (χ2n) is 4.63. The van der Waals surface area contributed by atoms with Gasteiger partial charge in [0.15, 0.2) is 0 Å². The Bertz CT molecular complexity index is 624. The van der Waals surface area contributed by atoms with Crippen LogP contribution < -0.4 is 4.90 Å². The summed E-state index contributed by atoms with van der Waals surface area (Å²) in [4.78, 5) is 28.6. The first-order chi connectivity index (χ1) is 10.1. The summed E-state index contributed by atoms with van der Waals surface area (Å²) in [5.74, 6) is -1.02. The fraction of sp³-hybridized carbons (Fsp3) is 0.188. The Balaban J connectivity index is 1.97. The minimum atomic E-state index is -0.981. The second kappa shape index (κ2) is 6.65. The molecule has 0 aliphatic heterocycles. The van der Waals surface area contributed by atoms with Gasteiger partial charge >= 0.3 is 5.97 Å². The number of nitrogens with zero attached hydrogens (tertiary/aromatic N) is 2. The lowest BCUT2D eigenvalue weighted by Crippen LogP contribution is -2.26. The SMILES string of the molecule is CN(C(=O)CCc1ccccn1)c1ccc(C(=O)O)cc1. The molecule has 1 amide bonds. The Morgan fingerprint density at radius 3 is 2.43 bits per heavy atom. The van der Waals surface area contributed by atoms with Crippen LogP contribution in [0.25, 0.3) is 0 Å². The largest absolute Gasteiger partial charge is 0.478 e. The number of pyridine rings is 1. The van der Waals surface area contributed by atoms with Crippen LogP contribution in [0.1, 0.15) is 22.5 Å². The molecule has 1 aromatic heterocycles. The van der Waals surface area contributed by atoms with Crippen LogP contribution in [0, 0.1) is 0 Å². The molecule has 108 valence electrons. The number of carbonyl (C=O) groups excluding carboxylic acids is 1. The van der Waals surface area contributed by atoms with Crippen molar-refractivity contribution in [2.24, 2.45) is 0 Å². The number of amides is 1. The third-order valence-electron chi connectivity index (χ3n) is 3.20. The van der Waals surface area contributed by atoms with Crippen molar-refractivity contribution in [3.63, 3.8) is 0 Å². The van der Waals surface area contributed by atoms with Gasteiger partial charge in [0, 0.05) is 31.0 Å². The molecule has 5 heteroatoms. The maximum atomic E-state index is 12.1. The Morgan fingerprint density at radius 2 is 1.86 bits per heavy atom. The Hall–Kier alpha value is -2.69. The number of rotatable bonds is 5. The maximum Gasteiger partial charge on any atom is 0.335 e. The normalized spacial score (nSPS) is 10.1. The molecule has 21 heavy (non-hydrogen) atoms. The first-order valence-electron chi connectivity index (χ1n) is 6.58. The van der Waals surface area contributed by atoms with Crippen LogP contribution in [-0.2, 0) is 11.2 Å². The van der Waals surface area contributed by atoms with E-state index in [-0.39, 0.29) is 11.5 Å². The molecule has 0 fully saturated rings. The molecule has 1 N–H and O–H groups in total. The van der Waals surface area contributed by atoms with E-state index in [1.165, 1.54) is 17.0 Å². The van der Waals surface area contributed by atoms with E-state index in [9.17, 15) is 9.59 Å². The monoisotopic (exact) mass is 284 g/mol. The number of hydrogen-bond acceptors (Lipinski definition) is 3. The predicted octanol–water partition coefficient (Wildman–Crippen LogP) is 2.38. The van der Waals surface area contributed by atoms with Crippen molar-refractivity contribution in [3.05, 3.63) is 59.9 Å². The average molecular weight is 284 g/mol. The van der Waals surface area contributed by atoms with Crippen molar-refractivity contribution in [2.45, 2.75) is 12.8 Å². The van der Waals surface area contributed by atoms with Gasteiger partial charge in [0.1, 0.15) is 0 Å². The third kappa shape index (κ3) is 3.89. The molecule has 0 radical (unpaired) electrons. The van der Waals surface area contributed by atoms with Crippen LogP contribution >= 0.6 is 0 Å². The van der Waals surface area contributed by atoms with Gasteiger partial charge in [0.25, 0.3) is 0 Å². The van der Waals surface area contributed by atoms with Gasteiger partial charge in [-0.2, -0.15) is 0 Å². The van der Waals surface area contributed by atoms with Crippen molar-refractivity contribution < 1.29 is 14.7 Å². The molecule has 0 aliphatic carbocycles. The number of benzene rings is 1. The molecule has 0 spiro atoms. The number of carboxylic acids is 1. The number of aryl methyl sites for hydroxylation is 1. The van der Waals surface area contributed by atoms with Crippen molar-refractivity contribution in [3.8, 4) is 0 Å². The van der Waals surface area contributed by atoms with Crippen molar-refractivity contribution in [1.29, 1.82) is 0 Å². The first kappa shape index (κ1) is 14.7. The van der Waals surface area contributed by atoms with E-state index >= 15 is 0 Å². The van der Waals surface area contributed by atoms with Crippen molar-refractivity contribution >= 4 is 17.6 Å². The molecule has 0 atom stereocenters.